The van der Waals surface area contributed by atoms with Gasteiger partial charge in [0.15, 0.2) is 0 Å². The van der Waals surface area contributed by atoms with E-state index < -0.39 is 0 Å². The quantitative estimate of drug-likeness (QED) is 0.725. The fourth-order valence-corrected chi connectivity index (χ4v) is 1.62. The van der Waals surface area contributed by atoms with Gasteiger partial charge in [0, 0.05) is 11.9 Å². The molecule has 0 atom stereocenters. The number of H-pyrrole nitrogens is 1. The molecule has 0 fully saturated rings. The molecule has 0 aliphatic rings. The van der Waals surface area contributed by atoms with Crippen molar-refractivity contribution >= 4 is 26.8 Å². The van der Waals surface area contributed by atoms with Crippen LogP contribution in [0.25, 0.3) is 10.9 Å². The molecular weight excluding hydrogens is 220 g/mol. The molecule has 0 bridgehead atoms. The van der Waals surface area contributed by atoms with E-state index in [1.807, 2.05) is 13.0 Å². The third-order valence-electron chi connectivity index (χ3n) is 1.73. The molecule has 0 radical (unpaired) electrons. The van der Waals surface area contributed by atoms with Crippen LogP contribution in [-0.2, 0) is 0 Å². The van der Waals surface area contributed by atoms with Crippen LogP contribution in [0.1, 0.15) is 5.69 Å². The van der Waals surface area contributed by atoms with Gasteiger partial charge in [-0.1, -0.05) is 0 Å². The third-order valence-corrected chi connectivity index (χ3v) is 2.33. The van der Waals surface area contributed by atoms with Gasteiger partial charge in [-0.3, -0.25) is 0 Å². The van der Waals surface area contributed by atoms with Gasteiger partial charge in [0.1, 0.15) is 0 Å². The number of halogens is 1. The molecule has 2 aromatic heterocycles. The van der Waals surface area contributed by atoms with Gasteiger partial charge in [-0.05, 0) is 28.9 Å². The van der Waals surface area contributed by atoms with Crippen LogP contribution < -0.4 is 0 Å². The largest absolute Gasteiger partial charge is 0.493 e. The van der Waals surface area contributed by atoms with Crippen LogP contribution in [-0.4, -0.2) is 15.1 Å². The number of rotatable bonds is 0. The van der Waals surface area contributed by atoms with Crippen LogP contribution in [0, 0.1) is 6.92 Å². The van der Waals surface area contributed by atoms with Crippen molar-refractivity contribution in [2.45, 2.75) is 6.92 Å². The molecule has 0 unspecified atom stereocenters. The average molecular weight is 227 g/mol. The summed E-state index contributed by atoms with van der Waals surface area (Å²) in [5.41, 5.74) is 1.90. The minimum atomic E-state index is 0.0672. The molecular formula is C8H7BrN2O. The molecule has 0 aliphatic heterocycles. The molecule has 2 aromatic rings. The van der Waals surface area contributed by atoms with Crippen LogP contribution in [0.15, 0.2) is 16.7 Å². The minimum Gasteiger partial charge on any atom is -0.493 e. The molecule has 4 heteroatoms. The number of hydrogen-bond acceptors (Lipinski definition) is 2. The lowest BCUT2D eigenvalue weighted by molar-refractivity contribution is 0.460. The second-order valence-corrected chi connectivity index (χ2v) is 3.53. The van der Waals surface area contributed by atoms with Crippen molar-refractivity contribution in [2.75, 3.05) is 0 Å². The normalized spacial score (nSPS) is 10.8. The lowest BCUT2D eigenvalue weighted by Crippen LogP contribution is -1.76. The minimum absolute atomic E-state index is 0.0672. The SMILES string of the molecule is Cc1cc2c(O)ncc(Br)c2[nH]1. The van der Waals surface area contributed by atoms with E-state index in [2.05, 4.69) is 25.9 Å². The van der Waals surface area contributed by atoms with E-state index in [0.717, 1.165) is 21.1 Å². The molecule has 2 heterocycles. The van der Waals surface area contributed by atoms with Gasteiger partial charge in [0.25, 0.3) is 0 Å². The number of aromatic hydroxyl groups is 1. The molecule has 2 rings (SSSR count). The monoisotopic (exact) mass is 226 g/mol. The fraction of sp³-hybridized carbons (Fsp3) is 0.125. The Morgan fingerprint density at radius 3 is 3.00 bits per heavy atom. The van der Waals surface area contributed by atoms with Crippen molar-refractivity contribution < 1.29 is 5.11 Å². The molecule has 62 valence electrons. The zero-order valence-corrected chi connectivity index (χ0v) is 8.01. The Hall–Kier alpha value is -1.03. The highest BCUT2D eigenvalue weighted by Gasteiger charge is 2.06. The summed E-state index contributed by atoms with van der Waals surface area (Å²) in [4.78, 5) is 6.93. The smallest absolute Gasteiger partial charge is 0.220 e. The summed E-state index contributed by atoms with van der Waals surface area (Å²) in [6.07, 6.45) is 1.58. The highest BCUT2D eigenvalue weighted by Crippen LogP contribution is 2.28. The summed E-state index contributed by atoms with van der Waals surface area (Å²) in [7, 11) is 0. The number of nitrogens with one attached hydrogen (secondary N) is 1. The predicted molar refractivity (Wildman–Crippen MR) is 50.2 cm³/mol. The Kier molecular flexibility index (Phi) is 1.58. The van der Waals surface area contributed by atoms with E-state index in [1.54, 1.807) is 6.20 Å². The van der Waals surface area contributed by atoms with Crippen LogP contribution in [0.2, 0.25) is 0 Å². The highest BCUT2D eigenvalue weighted by atomic mass is 79.9. The lowest BCUT2D eigenvalue weighted by Gasteiger charge is -1.94. The second kappa shape index (κ2) is 2.48. The molecule has 0 saturated heterocycles. The molecule has 0 amide bonds. The molecule has 0 aromatic carbocycles. The summed E-state index contributed by atoms with van der Waals surface area (Å²) >= 11 is 3.34. The molecule has 3 nitrogen and oxygen atoms in total. The Morgan fingerprint density at radius 2 is 2.33 bits per heavy atom. The van der Waals surface area contributed by atoms with Crippen LogP contribution in [0.5, 0.6) is 5.88 Å². The number of aromatic amines is 1. The van der Waals surface area contributed by atoms with E-state index in [0.29, 0.717) is 0 Å². The summed E-state index contributed by atoms with van der Waals surface area (Å²) in [5, 5.41) is 10.1. The maximum Gasteiger partial charge on any atom is 0.220 e. The Labute approximate surface area is 77.6 Å². The first-order valence-corrected chi connectivity index (χ1v) is 4.30. The first kappa shape index (κ1) is 7.61. The third kappa shape index (κ3) is 0.992. The van der Waals surface area contributed by atoms with Gasteiger partial charge in [-0.2, -0.15) is 0 Å². The molecule has 0 saturated carbocycles. The summed E-state index contributed by atoms with van der Waals surface area (Å²) in [6, 6.07) is 1.86. The van der Waals surface area contributed by atoms with Crippen LogP contribution in [0.3, 0.4) is 0 Å². The van der Waals surface area contributed by atoms with Crippen molar-refractivity contribution in [3.63, 3.8) is 0 Å². The lowest BCUT2D eigenvalue weighted by atomic mass is 10.3. The zero-order chi connectivity index (χ0) is 8.72. The number of aromatic nitrogens is 2. The van der Waals surface area contributed by atoms with Crippen molar-refractivity contribution in [1.82, 2.24) is 9.97 Å². The van der Waals surface area contributed by atoms with Gasteiger partial charge in [-0.25, -0.2) is 4.98 Å². The second-order valence-electron chi connectivity index (χ2n) is 2.67. The van der Waals surface area contributed by atoms with E-state index in [4.69, 9.17) is 0 Å². The number of pyridine rings is 1. The highest BCUT2D eigenvalue weighted by molar-refractivity contribution is 9.10. The Bertz CT molecular complexity index is 397. The van der Waals surface area contributed by atoms with Crippen LogP contribution >= 0.6 is 15.9 Å². The topological polar surface area (TPSA) is 48.9 Å². The van der Waals surface area contributed by atoms with E-state index in [-0.39, 0.29) is 5.88 Å². The van der Waals surface area contributed by atoms with Crippen molar-refractivity contribution in [2.24, 2.45) is 0 Å². The van der Waals surface area contributed by atoms with Crippen molar-refractivity contribution in [3.8, 4) is 5.88 Å². The maximum atomic E-state index is 9.36. The molecule has 12 heavy (non-hydrogen) atoms. The Morgan fingerprint density at radius 1 is 1.58 bits per heavy atom. The summed E-state index contributed by atoms with van der Waals surface area (Å²) < 4.78 is 0.864. The van der Waals surface area contributed by atoms with E-state index >= 15 is 0 Å². The zero-order valence-electron chi connectivity index (χ0n) is 6.43. The number of fused-ring (bicyclic) bond motifs is 1. The van der Waals surface area contributed by atoms with Crippen molar-refractivity contribution in [1.29, 1.82) is 0 Å². The first-order valence-electron chi connectivity index (χ1n) is 3.51. The predicted octanol–water partition coefficient (Wildman–Crippen LogP) is 2.34. The van der Waals surface area contributed by atoms with E-state index in [9.17, 15) is 5.11 Å². The van der Waals surface area contributed by atoms with Gasteiger partial charge in [0.2, 0.25) is 5.88 Å². The first-order chi connectivity index (χ1) is 5.68. The molecule has 2 N–H and O–H groups in total. The molecule has 0 spiro atoms. The summed E-state index contributed by atoms with van der Waals surface area (Å²) in [6.45, 7) is 1.94. The maximum absolute atomic E-state index is 9.36. The standard InChI is InChI=1S/C8H7BrN2O/c1-4-2-5-7(11-4)6(9)3-10-8(5)12/h2-3,11H,1H3,(H,10,12). The van der Waals surface area contributed by atoms with Crippen molar-refractivity contribution in [3.05, 3.63) is 22.4 Å². The van der Waals surface area contributed by atoms with E-state index in [1.165, 1.54) is 0 Å². The number of nitrogens with zero attached hydrogens (tertiary/aromatic N) is 1. The number of aryl methyl sites for hydroxylation is 1. The van der Waals surface area contributed by atoms with Gasteiger partial charge >= 0.3 is 0 Å². The molecule has 0 aliphatic carbocycles. The van der Waals surface area contributed by atoms with Gasteiger partial charge in [0.05, 0.1) is 15.4 Å². The fourth-order valence-electron chi connectivity index (χ4n) is 1.21. The van der Waals surface area contributed by atoms with Gasteiger partial charge in [-0.15, -0.1) is 0 Å². The Balaban J connectivity index is 2.93. The van der Waals surface area contributed by atoms with Crippen LogP contribution in [0.4, 0.5) is 0 Å². The van der Waals surface area contributed by atoms with Gasteiger partial charge < -0.3 is 10.1 Å². The summed E-state index contributed by atoms with van der Waals surface area (Å²) in [5.74, 6) is 0.0672. The average Bonchev–Trinajstić information content (AvgIpc) is 2.41. The number of hydrogen-bond donors (Lipinski definition) is 2.